The van der Waals surface area contributed by atoms with E-state index in [2.05, 4.69) is 5.32 Å². The standard InChI is InChI=1S/C14H19NO4/c1-9(16)7-14(17)15-10(2)12-8-11(18-3)5-6-13(12)19-4/h5-6,8,10H,7H2,1-4H3,(H,15,17). The van der Waals surface area contributed by atoms with Crippen LogP contribution in [0.3, 0.4) is 0 Å². The Morgan fingerprint density at radius 2 is 1.95 bits per heavy atom. The first-order chi connectivity index (χ1) is 8.97. The molecule has 0 spiro atoms. The normalized spacial score (nSPS) is 11.6. The lowest BCUT2D eigenvalue weighted by atomic mass is 10.1. The zero-order valence-corrected chi connectivity index (χ0v) is 11.6. The van der Waals surface area contributed by atoms with Crippen LogP contribution in [0.25, 0.3) is 0 Å². The predicted molar refractivity (Wildman–Crippen MR) is 71.4 cm³/mol. The maximum atomic E-state index is 11.6. The number of methoxy groups -OCH3 is 2. The van der Waals surface area contributed by atoms with Crippen LogP contribution in [-0.2, 0) is 9.59 Å². The number of Topliss-reactive ketones (excluding diaryl/α,β-unsaturated/α-hetero) is 1. The molecular weight excluding hydrogens is 246 g/mol. The summed E-state index contributed by atoms with van der Waals surface area (Å²) in [4.78, 5) is 22.5. The molecule has 1 atom stereocenters. The van der Waals surface area contributed by atoms with E-state index in [0.29, 0.717) is 11.5 Å². The summed E-state index contributed by atoms with van der Waals surface area (Å²) in [7, 11) is 3.14. The second-order valence-electron chi connectivity index (χ2n) is 4.28. The van der Waals surface area contributed by atoms with Crippen molar-refractivity contribution >= 4 is 11.7 Å². The molecule has 0 radical (unpaired) electrons. The molecule has 1 aromatic carbocycles. The van der Waals surface area contributed by atoms with Crippen LogP contribution >= 0.6 is 0 Å². The molecule has 1 amide bonds. The molecule has 0 aromatic heterocycles. The van der Waals surface area contributed by atoms with Gasteiger partial charge in [-0.2, -0.15) is 0 Å². The quantitative estimate of drug-likeness (QED) is 0.797. The fourth-order valence-corrected chi connectivity index (χ4v) is 1.77. The SMILES string of the molecule is COc1ccc(OC)c(C(C)NC(=O)CC(C)=O)c1. The highest BCUT2D eigenvalue weighted by Gasteiger charge is 2.15. The first kappa shape index (κ1) is 15.0. The third-order valence-corrected chi connectivity index (χ3v) is 2.69. The second-order valence-corrected chi connectivity index (χ2v) is 4.28. The van der Waals surface area contributed by atoms with Gasteiger partial charge in [-0.15, -0.1) is 0 Å². The highest BCUT2D eigenvalue weighted by atomic mass is 16.5. The molecule has 0 bridgehead atoms. The maximum absolute atomic E-state index is 11.6. The van der Waals surface area contributed by atoms with E-state index >= 15 is 0 Å². The zero-order valence-electron chi connectivity index (χ0n) is 11.6. The van der Waals surface area contributed by atoms with Crippen LogP contribution in [0.4, 0.5) is 0 Å². The minimum absolute atomic E-state index is 0.114. The molecule has 0 aliphatic rings. The van der Waals surface area contributed by atoms with E-state index in [9.17, 15) is 9.59 Å². The zero-order chi connectivity index (χ0) is 14.4. The molecule has 0 saturated heterocycles. The molecule has 0 heterocycles. The van der Waals surface area contributed by atoms with E-state index < -0.39 is 0 Å². The molecule has 1 rings (SSSR count). The largest absolute Gasteiger partial charge is 0.497 e. The average Bonchev–Trinajstić information content (AvgIpc) is 2.36. The van der Waals surface area contributed by atoms with Crippen molar-refractivity contribution in [3.05, 3.63) is 23.8 Å². The summed E-state index contributed by atoms with van der Waals surface area (Å²) < 4.78 is 10.4. The Balaban J connectivity index is 2.88. The van der Waals surface area contributed by atoms with Crippen molar-refractivity contribution in [1.29, 1.82) is 0 Å². The Labute approximate surface area is 112 Å². The number of carbonyl (C=O) groups excluding carboxylic acids is 2. The minimum atomic E-state index is -0.301. The van der Waals surface area contributed by atoms with Gasteiger partial charge in [-0.1, -0.05) is 0 Å². The average molecular weight is 265 g/mol. The van der Waals surface area contributed by atoms with Crippen LogP contribution < -0.4 is 14.8 Å². The number of carbonyl (C=O) groups is 2. The van der Waals surface area contributed by atoms with Crippen molar-refractivity contribution in [1.82, 2.24) is 5.32 Å². The fraction of sp³-hybridized carbons (Fsp3) is 0.429. The first-order valence-corrected chi connectivity index (χ1v) is 5.98. The number of amides is 1. The van der Waals surface area contributed by atoms with Crippen LogP contribution in [0, 0.1) is 0 Å². The van der Waals surface area contributed by atoms with Gasteiger partial charge in [0.2, 0.25) is 5.91 Å². The minimum Gasteiger partial charge on any atom is -0.497 e. The molecule has 1 N–H and O–H groups in total. The highest BCUT2D eigenvalue weighted by molar-refractivity contribution is 5.96. The Morgan fingerprint density at radius 3 is 2.47 bits per heavy atom. The number of benzene rings is 1. The van der Waals surface area contributed by atoms with Gasteiger partial charge in [-0.25, -0.2) is 0 Å². The maximum Gasteiger partial charge on any atom is 0.227 e. The predicted octanol–water partition coefficient (Wildman–Crippen LogP) is 1.86. The molecule has 0 saturated carbocycles. The molecule has 5 nitrogen and oxygen atoms in total. The third kappa shape index (κ3) is 4.28. The summed E-state index contributed by atoms with van der Waals surface area (Å²) in [6, 6.07) is 5.10. The van der Waals surface area contributed by atoms with E-state index in [4.69, 9.17) is 9.47 Å². The van der Waals surface area contributed by atoms with Gasteiger partial charge < -0.3 is 14.8 Å². The Hall–Kier alpha value is -2.04. The van der Waals surface area contributed by atoms with Crippen molar-refractivity contribution in [2.75, 3.05) is 14.2 Å². The fourth-order valence-electron chi connectivity index (χ4n) is 1.77. The van der Waals surface area contributed by atoms with Gasteiger partial charge in [0.05, 0.1) is 26.7 Å². The highest BCUT2D eigenvalue weighted by Crippen LogP contribution is 2.29. The number of hydrogen-bond acceptors (Lipinski definition) is 4. The lowest BCUT2D eigenvalue weighted by molar-refractivity contribution is -0.127. The van der Waals surface area contributed by atoms with Gasteiger partial charge in [0.15, 0.2) is 0 Å². The molecule has 104 valence electrons. The summed E-state index contributed by atoms with van der Waals surface area (Å²) in [6.07, 6.45) is -0.114. The van der Waals surface area contributed by atoms with Crippen LogP contribution in [-0.4, -0.2) is 25.9 Å². The van der Waals surface area contributed by atoms with Crippen LogP contribution in [0.2, 0.25) is 0 Å². The van der Waals surface area contributed by atoms with Crippen molar-refractivity contribution < 1.29 is 19.1 Å². The topological polar surface area (TPSA) is 64.6 Å². The molecule has 0 aliphatic carbocycles. The summed E-state index contributed by atoms with van der Waals surface area (Å²) in [5.74, 6) is 0.882. The summed E-state index contributed by atoms with van der Waals surface area (Å²) in [5.41, 5.74) is 0.804. The van der Waals surface area contributed by atoms with Crippen molar-refractivity contribution in [3.63, 3.8) is 0 Å². The Bertz CT molecular complexity index is 471. The molecule has 5 heteroatoms. The first-order valence-electron chi connectivity index (χ1n) is 5.98. The lowest BCUT2D eigenvalue weighted by Crippen LogP contribution is -2.28. The van der Waals surface area contributed by atoms with E-state index in [1.807, 2.05) is 6.92 Å². The van der Waals surface area contributed by atoms with Crippen molar-refractivity contribution in [3.8, 4) is 11.5 Å². The summed E-state index contributed by atoms with van der Waals surface area (Å²) >= 11 is 0. The molecule has 19 heavy (non-hydrogen) atoms. The number of ether oxygens (including phenoxy) is 2. The Kier molecular flexibility index (Phi) is 5.36. The van der Waals surface area contributed by atoms with Crippen LogP contribution in [0.5, 0.6) is 11.5 Å². The van der Waals surface area contributed by atoms with Gasteiger partial charge >= 0.3 is 0 Å². The smallest absolute Gasteiger partial charge is 0.227 e. The van der Waals surface area contributed by atoms with Crippen molar-refractivity contribution in [2.45, 2.75) is 26.3 Å². The number of ketones is 1. The molecule has 0 fully saturated rings. The van der Waals surface area contributed by atoms with Gasteiger partial charge in [0.25, 0.3) is 0 Å². The molecule has 1 aromatic rings. The second kappa shape index (κ2) is 6.78. The monoisotopic (exact) mass is 265 g/mol. The molecule has 1 unspecified atom stereocenters. The van der Waals surface area contributed by atoms with Gasteiger partial charge in [0, 0.05) is 5.56 Å². The van der Waals surface area contributed by atoms with Gasteiger partial charge in [0.1, 0.15) is 17.3 Å². The molecular formula is C14H19NO4. The number of rotatable bonds is 6. The summed E-state index contributed by atoms with van der Waals surface area (Å²) in [5, 5.41) is 2.76. The van der Waals surface area contributed by atoms with Crippen LogP contribution in [0.15, 0.2) is 18.2 Å². The van der Waals surface area contributed by atoms with Gasteiger partial charge in [-0.3, -0.25) is 9.59 Å². The number of nitrogens with one attached hydrogen (secondary N) is 1. The van der Waals surface area contributed by atoms with Crippen molar-refractivity contribution in [2.24, 2.45) is 0 Å². The van der Waals surface area contributed by atoms with E-state index in [0.717, 1.165) is 5.56 Å². The van der Waals surface area contributed by atoms with Gasteiger partial charge in [-0.05, 0) is 32.0 Å². The lowest BCUT2D eigenvalue weighted by Gasteiger charge is -2.18. The molecule has 0 aliphatic heterocycles. The third-order valence-electron chi connectivity index (χ3n) is 2.69. The number of hydrogen-bond donors (Lipinski definition) is 1. The van der Waals surface area contributed by atoms with Crippen LogP contribution in [0.1, 0.15) is 31.9 Å². The Morgan fingerprint density at radius 1 is 1.26 bits per heavy atom. The van der Waals surface area contributed by atoms with E-state index in [-0.39, 0.29) is 24.2 Å². The summed E-state index contributed by atoms with van der Waals surface area (Å²) in [6.45, 7) is 3.21. The van der Waals surface area contributed by atoms with E-state index in [1.54, 1.807) is 32.4 Å². The van der Waals surface area contributed by atoms with E-state index in [1.165, 1.54) is 6.92 Å².